The molecule has 0 aromatic carbocycles. The van der Waals surface area contributed by atoms with E-state index in [1.165, 1.54) is 0 Å². The number of anilines is 1. The minimum Gasteiger partial charge on any atom is -0.469 e. The third-order valence-corrected chi connectivity index (χ3v) is 6.45. The molecule has 1 aliphatic heterocycles. The van der Waals surface area contributed by atoms with Crippen molar-refractivity contribution in [2.75, 3.05) is 16.8 Å². The fraction of sp³-hybridized carbons (Fsp3) is 0.500. The van der Waals surface area contributed by atoms with Gasteiger partial charge in [0.25, 0.3) is 0 Å². The third-order valence-electron chi connectivity index (χ3n) is 4.70. The van der Waals surface area contributed by atoms with Gasteiger partial charge in [0.15, 0.2) is 9.84 Å². The largest absolute Gasteiger partial charge is 0.469 e. The Bertz CT molecular complexity index is 869. The molecule has 0 unspecified atom stereocenters. The molecule has 1 N–H and O–H groups in total. The van der Waals surface area contributed by atoms with E-state index in [1.54, 1.807) is 17.0 Å². The van der Waals surface area contributed by atoms with Crippen molar-refractivity contribution in [3.63, 3.8) is 0 Å². The Kier molecular flexibility index (Phi) is 3.52. The molecule has 1 saturated carbocycles. The van der Waals surface area contributed by atoms with E-state index in [2.05, 4.69) is 10.4 Å². The van der Waals surface area contributed by atoms with Crippen molar-refractivity contribution in [2.24, 2.45) is 5.92 Å². The number of aromatic nitrogens is 2. The first-order valence-corrected chi connectivity index (χ1v) is 9.86. The summed E-state index contributed by atoms with van der Waals surface area (Å²) in [4.78, 5) is 12.5. The van der Waals surface area contributed by atoms with Gasteiger partial charge in [0.05, 0.1) is 29.5 Å². The molecule has 24 heavy (non-hydrogen) atoms. The van der Waals surface area contributed by atoms with Gasteiger partial charge in [-0.15, -0.1) is 0 Å². The Labute approximate surface area is 139 Å². The second-order valence-corrected chi connectivity index (χ2v) is 8.85. The number of amides is 1. The highest BCUT2D eigenvalue weighted by Gasteiger charge is 2.46. The maximum atomic E-state index is 12.5. The lowest BCUT2D eigenvalue weighted by Gasteiger charge is -2.13. The summed E-state index contributed by atoms with van der Waals surface area (Å²) in [6.45, 7) is 1.83. The highest BCUT2D eigenvalue weighted by Crippen LogP contribution is 2.48. The lowest BCUT2D eigenvalue weighted by atomic mass is 10.2. The van der Waals surface area contributed by atoms with E-state index in [0.29, 0.717) is 12.2 Å². The molecule has 1 saturated heterocycles. The summed E-state index contributed by atoms with van der Waals surface area (Å²) in [6.07, 6.45) is 2.91. The van der Waals surface area contributed by atoms with E-state index in [4.69, 9.17) is 4.42 Å². The lowest BCUT2D eigenvalue weighted by Crippen LogP contribution is -2.20. The lowest BCUT2D eigenvalue weighted by molar-refractivity contribution is -0.117. The first-order chi connectivity index (χ1) is 11.4. The number of aryl methyl sites for hydroxylation is 1. The molecule has 0 radical (unpaired) electrons. The number of carbonyl (C=O) groups is 1. The van der Waals surface area contributed by atoms with Crippen LogP contribution in [0.5, 0.6) is 0 Å². The zero-order valence-electron chi connectivity index (χ0n) is 13.3. The minimum absolute atomic E-state index is 0.0709. The normalized spacial score (nSPS) is 28.0. The van der Waals surface area contributed by atoms with Gasteiger partial charge in [-0.05, 0) is 31.9 Å². The monoisotopic (exact) mass is 349 g/mol. The van der Waals surface area contributed by atoms with Crippen LogP contribution in [0.1, 0.15) is 36.3 Å². The minimum atomic E-state index is -3.01. The zero-order valence-corrected chi connectivity index (χ0v) is 14.1. The van der Waals surface area contributed by atoms with Crippen LogP contribution in [0.2, 0.25) is 0 Å². The first-order valence-electron chi connectivity index (χ1n) is 8.04. The molecule has 1 aliphatic carbocycles. The summed E-state index contributed by atoms with van der Waals surface area (Å²) in [5.74, 6) is 1.61. The summed E-state index contributed by atoms with van der Waals surface area (Å²) in [6, 6.07) is 5.28. The van der Waals surface area contributed by atoms with Crippen LogP contribution < -0.4 is 5.32 Å². The molecular weight excluding hydrogens is 330 g/mol. The predicted octanol–water partition coefficient (Wildman–Crippen LogP) is 1.89. The van der Waals surface area contributed by atoms with Gasteiger partial charge >= 0.3 is 0 Å². The average molecular weight is 349 g/mol. The van der Waals surface area contributed by atoms with Gasteiger partial charge in [-0.2, -0.15) is 5.10 Å². The molecule has 8 heteroatoms. The van der Waals surface area contributed by atoms with Crippen LogP contribution in [0, 0.1) is 12.8 Å². The maximum Gasteiger partial charge on any atom is 0.229 e. The second kappa shape index (κ2) is 5.47. The molecule has 2 aliphatic rings. The Morgan fingerprint density at radius 3 is 2.96 bits per heavy atom. The third kappa shape index (κ3) is 2.86. The maximum absolute atomic E-state index is 12.5. The van der Waals surface area contributed by atoms with Crippen molar-refractivity contribution in [1.82, 2.24) is 9.78 Å². The van der Waals surface area contributed by atoms with E-state index < -0.39 is 9.84 Å². The van der Waals surface area contributed by atoms with Crippen molar-refractivity contribution in [1.29, 1.82) is 0 Å². The van der Waals surface area contributed by atoms with E-state index in [0.717, 1.165) is 17.9 Å². The molecule has 0 spiro atoms. The van der Waals surface area contributed by atoms with Gasteiger partial charge < -0.3 is 9.73 Å². The molecule has 7 nitrogen and oxygen atoms in total. The highest BCUT2D eigenvalue weighted by atomic mass is 32.2. The number of hydrogen-bond donors (Lipinski definition) is 1. The molecule has 0 bridgehead atoms. The van der Waals surface area contributed by atoms with Crippen LogP contribution in [0.25, 0.3) is 0 Å². The molecule has 1 amide bonds. The van der Waals surface area contributed by atoms with Crippen molar-refractivity contribution in [3.8, 4) is 0 Å². The number of hydrogen-bond acceptors (Lipinski definition) is 5. The molecule has 2 aromatic rings. The van der Waals surface area contributed by atoms with Gasteiger partial charge in [-0.3, -0.25) is 4.79 Å². The fourth-order valence-electron chi connectivity index (χ4n) is 3.38. The summed E-state index contributed by atoms with van der Waals surface area (Å²) in [7, 11) is -3.01. The summed E-state index contributed by atoms with van der Waals surface area (Å²) < 4.78 is 30.4. The summed E-state index contributed by atoms with van der Waals surface area (Å²) >= 11 is 0. The molecule has 2 fully saturated rings. The average Bonchev–Trinajstić information content (AvgIpc) is 2.86. The standard InChI is InChI=1S/C16H19N3O4S/c1-10-7-15(19(18-10)11-4-6-24(21,22)9-11)17-16(20)13-8-12(13)14-3-2-5-23-14/h2-3,5,7,11-13H,4,6,8-9H2,1H3,(H,17,20)/t11-,12+,13-/m1/s1. The van der Waals surface area contributed by atoms with Crippen LogP contribution >= 0.6 is 0 Å². The van der Waals surface area contributed by atoms with Crippen LogP contribution in [-0.2, 0) is 14.6 Å². The second-order valence-electron chi connectivity index (χ2n) is 6.63. The number of nitrogens with one attached hydrogen (secondary N) is 1. The molecule has 3 heterocycles. The van der Waals surface area contributed by atoms with Crippen LogP contribution in [0.4, 0.5) is 5.82 Å². The van der Waals surface area contributed by atoms with E-state index >= 15 is 0 Å². The number of nitrogens with zero attached hydrogens (tertiary/aromatic N) is 2. The van der Waals surface area contributed by atoms with Crippen molar-refractivity contribution in [3.05, 3.63) is 35.9 Å². The van der Waals surface area contributed by atoms with Crippen LogP contribution in [0.3, 0.4) is 0 Å². The highest BCUT2D eigenvalue weighted by molar-refractivity contribution is 7.91. The fourth-order valence-corrected chi connectivity index (χ4v) is 5.07. The number of carbonyl (C=O) groups excluding carboxylic acids is 1. The molecule has 2 aromatic heterocycles. The van der Waals surface area contributed by atoms with Gasteiger partial charge in [0.1, 0.15) is 11.6 Å². The van der Waals surface area contributed by atoms with Gasteiger partial charge in [-0.25, -0.2) is 13.1 Å². The topological polar surface area (TPSA) is 94.2 Å². The summed E-state index contributed by atoms with van der Waals surface area (Å²) in [5, 5.41) is 7.29. The molecule has 3 atom stereocenters. The Morgan fingerprint density at radius 1 is 1.46 bits per heavy atom. The van der Waals surface area contributed by atoms with E-state index in [1.807, 2.05) is 19.1 Å². The number of rotatable bonds is 4. The van der Waals surface area contributed by atoms with Crippen LogP contribution in [0.15, 0.2) is 28.9 Å². The van der Waals surface area contributed by atoms with Gasteiger partial charge in [-0.1, -0.05) is 0 Å². The number of furan rings is 1. The van der Waals surface area contributed by atoms with Crippen LogP contribution in [-0.4, -0.2) is 35.6 Å². The summed E-state index contributed by atoms with van der Waals surface area (Å²) in [5.41, 5.74) is 0.757. The quantitative estimate of drug-likeness (QED) is 0.909. The molecule has 4 rings (SSSR count). The first kappa shape index (κ1) is 15.4. The van der Waals surface area contributed by atoms with E-state index in [-0.39, 0.29) is 35.3 Å². The zero-order chi connectivity index (χ0) is 16.9. The smallest absolute Gasteiger partial charge is 0.229 e. The molecular formula is C16H19N3O4S. The SMILES string of the molecule is Cc1cc(NC(=O)[C@@H]2C[C@@H]2c2ccco2)n([C@@H]2CCS(=O)(=O)C2)n1. The Balaban J connectivity index is 1.48. The van der Waals surface area contributed by atoms with Gasteiger partial charge in [0.2, 0.25) is 5.91 Å². The Morgan fingerprint density at radius 2 is 2.29 bits per heavy atom. The van der Waals surface area contributed by atoms with Crippen molar-refractivity contribution in [2.45, 2.75) is 31.7 Å². The number of sulfone groups is 1. The van der Waals surface area contributed by atoms with Crippen molar-refractivity contribution >= 4 is 21.6 Å². The van der Waals surface area contributed by atoms with Crippen molar-refractivity contribution < 1.29 is 17.6 Å². The molecule has 128 valence electrons. The Hall–Kier alpha value is -2.09. The predicted molar refractivity (Wildman–Crippen MR) is 87.5 cm³/mol. The van der Waals surface area contributed by atoms with Gasteiger partial charge in [0, 0.05) is 17.9 Å². The van der Waals surface area contributed by atoms with E-state index in [9.17, 15) is 13.2 Å².